The minimum atomic E-state index is -0.416. The monoisotopic (exact) mass is 210 g/mol. The maximum absolute atomic E-state index is 10.1. The first-order chi connectivity index (χ1) is 7.16. The van der Waals surface area contributed by atoms with Crippen molar-refractivity contribution in [3.05, 3.63) is 18.0 Å². The first-order valence-electron chi connectivity index (χ1n) is 5.37. The van der Waals surface area contributed by atoms with Gasteiger partial charge in [0.2, 0.25) is 0 Å². The molecule has 0 radical (unpaired) electrons. The molecular formula is C11H18N2O2. The Morgan fingerprint density at radius 1 is 1.67 bits per heavy atom. The average Bonchev–Trinajstić information content (AvgIpc) is 2.50. The van der Waals surface area contributed by atoms with Gasteiger partial charge in [0.1, 0.15) is 0 Å². The van der Waals surface area contributed by atoms with Gasteiger partial charge in [0.05, 0.1) is 17.9 Å². The average molecular weight is 210 g/mol. The lowest BCUT2D eigenvalue weighted by Gasteiger charge is -2.44. The topological polar surface area (TPSA) is 47.3 Å². The first kappa shape index (κ1) is 10.6. The summed E-state index contributed by atoms with van der Waals surface area (Å²) in [6.07, 6.45) is 7.02. The van der Waals surface area contributed by atoms with Gasteiger partial charge in [-0.25, -0.2) is 0 Å². The summed E-state index contributed by atoms with van der Waals surface area (Å²) in [4.78, 5) is 0. The molecule has 1 aromatic rings. The molecular weight excluding hydrogens is 192 g/mol. The Morgan fingerprint density at radius 2 is 2.40 bits per heavy atom. The molecule has 2 rings (SSSR count). The molecule has 1 saturated carbocycles. The Kier molecular flexibility index (Phi) is 2.80. The predicted octanol–water partition coefficient (Wildman–Crippen LogP) is 0.893. The second kappa shape index (κ2) is 3.94. The number of rotatable bonds is 4. The van der Waals surface area contributed by atoms with Gasteiger partial charge < -0.3 is 9.84 Å². The molecule has 84 valence electrons. The van der Waals surface area contributed by atoms with E-state index in [0.717, 1.165) is 24.8 Å². The Hall–Kier alpha value is -0.870. The third-order valence-corrected chi connectivity index (χ3v) is 3.40. The maximum atomic E-state index is 10.1. The third kappa shape index (κ3) is 1.92. The Bertz CT molecular complexity index is 326. The molecule has 1 aliphatic carbocycles. The molecule has 1 fully saturated rings. The molecule has 1 aliphatic rings. The quantitative estimate of drug-likeness (QED) is 0.803. The van der Waals surface area contributed by atoms with Gasteiger partial charge in [-0.15, -0.1) is 0 Å². The van der Waals surface area contributed by atoms with E-state index in [1.54, 1.807) is 18.0 Å². The summed E-state index contributed by atoms with van der Waals surface area (Å²) in [5, 5.41) is 14.2. The number of aromatic nitrogens is 2. The number of ether oxygens (including phenoxy) is 1. The van der Waals surface area contributed by atoms with Crippen LogP contribution >= 0.6 is 0 Å². The fraction of sp³-hybridized carbons (Fsp3) is 0.727. The van der Waals surface area contributed by atoms with Gasteiger partial charge in [-0.1, -0.05) is 0 Å². The summed E-state index contributed by atoms with van der Waals surface area (Å²) < 4.78 is 7.19. The second-order valence-electron chi connectivity index (χ2n) is 4.36. The molecule has 1 atom stereocenters. The van der Waals surface area contributed by atoms with Gasteiger partial charge in [0.15, 0.2) is 0 Å². The lowest BCUT2D eigenvalue weighted by atomic mass is 9.74. The van der Waals surface area contributed by atoms with Crippen molar-refractivity contribution in [3.8, 4) is 0 Å². The van der Waals surface area contributed by atoms with Crippen LogP contribution in [0.15, 0.2) is 12.4 Å². The number of aliphatic hydroxyl groups is 1. The molecule has 0 aromatic carbocycles. The molecule has 1 unspecified atom stereocenters. The Labute approximate surface area is 89.9 Å². The lowest BCUT2D eigenvalue weighted by Crippen LogP contribution is -2.50. The molecule has 0 spiro atoms. The van der Waals surface area contributed by atoms with E-state index < -0.39 is 6.10 Å². The fourth-order valence-corrected chi connectivity index (χ4v) is 2.19. The predicted molar refractivity (Wildman–Crippen MR) is 56.5 cm³/mol. The van der Waals surface area contributed by atoms with Crippen molar-refractivity contribution in [2.24, 2.45) is 7.05 Å². The van der Waals surface area contributed by atoms with Gasteiger partial charge in [0, 0.05) is 26.8 Å². The highest BCUT2D eigenvalue weighted by molar-refractivity contribution is 5.09. The van der Waals surface area contributed by atoms with Crippen LogP contribution in [0, 0.1) is 0 Å². The van der Waals surface area contributed by atoms with Crippen molar-refractivity contribution >= 4 is 0 Å². The summed E-state index contributed by atoms with van der Waals surface area (Å²) in [6, 6.07) is 0. The summed E-state index contributed by atoms with van der Waals surface area (Å²) in [7, 11) is 3.57. The minimum absolute atomic E-state index is 0.296. The van der Waals surface area contributed by atoms with Crippen LogP contribution in [0.4, 0.5) is 0 Å². The number of methoxy groups -OCH3 is 1. The van der Waals surface area contributed by atoms with Crippen LogP contribution in [-0.4, -0.2) is 33.7 Å². The van der Waals surface area contributed by atoms with Gasteiger partial charge in [-0.05, 0) is 24.8 Å². The number of hydrogen-bond acceptors (Lipinski definition) is 3. The van der Waals surface area contributed by atoms with Crippen molar-refractivity contribution in [1.82, 2.24) is 9.78 Å². The number of hydrogen-bond donors (Lipinski definition) is 1. The lowest BCUT2D eigenvalue weighted by molar-refractivity contribution is -0.148. The van der Waals surface area contributed by atoms with Gasteiger partial charge >= 0.3 is 0 Å². The van der Waals surface area contributed by atoms with Crippen LogP contribution in [0.3, 0.4) is 0 Å². The van der Waals surface area contributed by atoms with Crippen LogP contribution < -0.4 is 0 Å². The molecule has 4 nitrogen and oxygen atoms in total. The number of aryl methyl sites for hydroxylation is 1. The molecule has 0 aliphatic heterocycles. The SMILES string of the molecule is COC1(C(O)Cc2cnn(C)c2)CCC1. The van der Waals surface area contributed by atoms with E-state index >= 15 is 0 Å². The Balaban J connectivity index is 1.99. The minimum Gasteiger partial charge on any atom is -0.390 e. The van der Waals surface area contributed by atoms with Crippen molar-refractivity contribution < 1.29 is 9.84 Å². The number of aliphatic hydroxyl groups excluding tert-OH is 1. The molecule has 1 N–H and O–H groups in total. The van der Waals surface area contributed by atoms with Crippen LogP contribution in [0.25, 0.3) is 0 Å². The summed E-state index contributed by atoms with van der Waals surface area (Å²) >= 11 is 0. The van der Waals surface area contributed by atoms with E-state index in [0.29, 0.717) is 6.42 Å². The second-order valence-corrected chi connectivity index (χ2v) is 4.36. The van der Waals surface area contributed by atoms with Gasteiger partial charge in [-0.3, -0.25) is 4.68 Å². The van der Waals surface area contributed by atoms with E-state index in [9.17, 15) is 5.11 Å². The van der Waals surface area contributed by atoms with E-state index in [1.807, 2.05) is 13.2 Å². The van der Waals surface area contributed by atoms with E-state index in [-0.39, 0.29) is 5.60 Å². The number of nitrogens with zero attached hydrogens (tertiary/aromatic N) is 2. The summed E-state index contributed by atoms with van der Waals surface area (Å²) in [5.74, 6) is 0. The summed E-state index contributed by atoms with van der Waals surface area (Å²) in [5.41, 5.74) is 0.767. The molecule has 15 heavy (non-hydrogen) atoms. The molecule has 4 heteroatoms. The Morgan fingerprint density at radius 3 is 2.80 bits per heavy atom. The zero-order chi connectivity index (χ0) is 10.9. The smallest absolute Gasteiger partial charge is 0.0939 e. The highest BCUT2D eigenvalue weighted by Gasteiger charge is 2.43. The summed E-state index contributed by atoms with van der Waals surface area (Å²) in [6.45, 7) is 0. The highest BCUT2D eigenvalue weighted by Crippen LogP contribution is 2.39. The molecule has 0 bridgehead atoms. The highest BCUT2D eigenvalue weighted by atomic mass is 16.5. The van der Waals surface area contributed by atoms with Crippen molar-refractivity contribution in [2.75, 3.05) is 7.11 Å². The zero-order valence-corrected chi connectivity index (χ0v) is 9.31. The van der Waals surface area contributed by atoms with Crippen LogP contribution in [-0.2, 0) is 18.2 Å². The molecule has 0 saturated heterocycles. The zero-order valence-electron chi connectivity index (χ0n) is 9.31. The normalized spacial score (nSPS) is 21.0. The van der Waals surface area contributed by atoms with E-state index in [4.69, 9.17) is 4.74 Å². The van der Waals surface area contributed by atoms with Crippen molar-refractivity contribution in [2.45, 2.75) is 37.4 Å². The van der Waals surface area contributed by atoms with E-state index in [2.05, 4.69) is 5.10 Å². The standard InChI is InChI=1S/C11H18N2O2/c1-13-8-9(7-12-13)6-10(14)11(15-2)4-3-5-11/h7-8,10,14H,3-6H2,1-2H3. The van der Waals surface area contributed by atoms with Crippen LogP contribution in [0.5, 0.6) is 0 Å². The van der Waals surface area contributed by atoms with Gasteiger partial charge in [-0.2, -0.15) is 5.10 Å². The fourth-order valence-electron chi connectivity index (χ4n) is 2.19. The molecule has 1 heterocycles. The van der Waals surface area contributed by atoms with Crippen molar-refractivity contribution in [3.63, 3.8) is 0 Å². The van der Waals surface area contributed by atoms with E-state index in [1.165, 1.54) is 0 Å². The third-order valence-electron chi connectivity index (χ3n) is 3.40. The van der Waals surface area contributed by atoms with Crippen molar-refractivity contribution in [1.29, 1.82) is 0 Å². The van der Waals surface area contributed by atoms with Gasteiger partial charge in [0.25, 0.3) is 0 Å². The largest absolute Gasteiger partial charge is 0.390 e. The molecule has 0 amide bonds. The maximum Gasteiger partial charge on any atom is 0.0939 e. The first-order valence-corrected chi connectivity index (χ1v) is 5.37. The van der Waals surface area contributed by atoms with Crippen LogP contribution in [0.2, 0.25) is 0 Å². The molecule has 1 aromatic heterocycles. The van der Waals surface area contributed by atoms with Crippen LogP contribution in [0.1, 0.15) is 24.8 Å².